The van der Waals surface area contributed by atoms with Crippen molar-refractivity contribution in [2.75, 3.05) is 17.3 Å². The second-order valence-electron chi connectivity index (χ2n) is 9.91. The molecule has 7 rings (SSSR count). The van der Waals surface area contributed by atoms with Crippen LogP contribution in [0.1, 0.15) is 46.1 Å². The van der Waals surface area contributed by atoms with Crippen molar-refractivity contribution in [2.24, 2.45) is 11.8 Å². The van der Waals surface area contributed by atoms with Crippen molar-refractivity contribution >= 4 is 35.2 Å². The zero-order valence-electron chi connectivity index (χ0n) is 20.3. The molecule has 3 aromatic carbocycles. The highest BCUT2D eigenvalue weighted by molar-refractivity contribution is 7.98. The summed E-state index contributed by atoms with van der Waals surface area (Å²) in [6.07, 6.45) is 2.39. The van der Waals surface area contributed by atoms with Crippen molar-refractivity contribution in [1.82, 2.24) is 4.90 Å². The number of likely N-dealkylation sites (tertiary alicyclic amines) is 1. The Hall–Kier alpha value is -3.38. The van der Waals surface area contributed by atoms with Gasteiger partial charge < -0.3 is 5.32 Å². The summed E-state index contributed by atoms with van der Waals surface area (Å²) >= 11 is 1.61. The fraction of sp³-hybridized carbons (Fsp3) is 0.300. The van der Waals surface area contributed by atoms with Gasteiger partial charge in [0.05, 0.1) is 11.8 Å². The Balaban J connectivity index is 1.41. The smallest absolute Gasteiger partial charge is 0.247 e. The average molecular weight is 497 g/mol. The standard InChI is InChI=1S/C30H28N2O3S/c1-17-9-3-8-14-22(17)31-28(33)23(15-16-36-2)32-29(34)26-24-18-10-4-5-11-19(18)25(27(26)30(32)35)21-13-7-6-12-20(21)24/h3-14,23-27H,15-16H2,1-2H3,(H,31,33). The molecule has 0 aromatic heterocycles. The number of hydrogen-bond donors (Lipinski definition) is 1. The summed E-state index contributed by atoms with van der Waals surface area (Å²) in [4.78, 5) is 43.1. The van der Waals surface area contributed by atoms with Crippen LogP contribution in [-0.2, 0) is 14.4 Å². The van der Waals surface area contributed by atoms with E-state index in [4.69, 9.17) is 0 Å². The summed E-state index contributed by atoms with van der Waals surface area (Å²) in [6.45, 7) is 1.93. The van der Waals surface area contributed by atoms with Gasteiger partial charge in [0.2, 0.25) is 17.7 Å². The van der Waals surface area contributed by atoms with Gasteiger partial charge in [-0.25, -0.2) is 0 Å². The number of amides is 3. The van der Waals surface area contributed by atoms with Crippen molar-refractivity contribution in [3.63, 3.8) is 0 Å². The molecule has 2 bridgehead atoms. The summed E-state index contributed by atoms with van der Waals surface area (Å²) in [5.41, 5.74) is 6.18. The number of aryl methyl sites for hydroxylation is 1. The summed E-state index contributed by atoms with van der Waals surface area (Å²) in [5, 5.41) is 3.00. The number of carbonyl (C=O) groups is 3. The summed E-state index contributed by atoms with van der Waals surface area (Å²) in [7, 11) is 0. The van der Waals surface area contributed by atoms with E-state index in [0.29, 0.717) is 17.9 Å². The number of imide groups is 1. The van der Waals surface area contributed by atoms with Gasteiger partial charge in [0, 0.05) is 17.5 Å². The van der Waals surface area contributed by atoms with Crippen molar-refractivity contribution < 1.29 is 14.4 Å². The van der Waals surface area contributed by atoms with E-state index in [2.05, 4.69) is 29.6 Å². The van der Waals surface area contributed by atoms with E-state index < -0.39 is 17.9 Å². The number of carbonyl (C=O) groups excluding carboxylic acids is 3. The first-order chi connectivity index (χ1) is 17.5. The summed E-state index contributed by atoms with van der Waals surface area (Å²) < 4.78 is 0. The topological polar surface area (TPSA) is 66.5 Å². The SMILES string of the molecule is CSCCC(C(=O)Nc1ccccc1C)N1C(=O)C2C3c4ccccc4C(c4ccccc43)C2C1=O. The van der Waals surface area contributed by atoms with Crippen LogP contribution in [0.3, 0.4) is 0 Å². The van der Waals surface area contributed by atoms with Gasteiger partial charge in [0.15, 0.2) is 0 Å². The predicted molar refractivity (Wildman–Crippen MR) is 142 cm³/mol. The Morgan fingerprint density at radius 2 is 1.31 bits per heavy atom. The Labute approximate surface area is 215 Å². The molecule has 3 amide bonds. The zero-order valence-corrected chi connectivity index (χ0v) is 21.1. The minimum absolute atomic E-state index is 0.172. The molecule has 182 valence electrons. The van der Waals surface area contributed by atoms with Crippen LogP contribution in [0.25, 0.3) is 0 Å². The second-order valence-corrected chi connectivity index (χ2v) is 10.9. The van der Waals surface area contributed by atoms with E-state index in [1.165, 1.54) is 4.90 Å². The van der Waals surface area contributed by atoms with Gasteiger partial charge in [-0.05, 0) is 59.2 Å². The Kier molecular flexibility index (Phi) is 5.72. The molecule has 1 saturated heterocycles. The average Bonchev–Trinajstić information content (AvgIpc) is 3.16. The predicted octanol–water partition coefficient (Wildman–Crippen LogP) is 4.95. The minimum Gasteiger partial charge on any atom is -0.324 e. The molecule has 36 heavy (non-hydrogen) atoms. The summed E-state index contributed by atoms with van der Waals surface area (Å²) in [5.74, 6) is -1.35. The van der Waals surface area contributed by atoms with Crippen LogP contribution in [0, 0.1) is 18.8 Å². The Morgan fingerprint density at radius 1 is 0.833 bits per heavy atom. The molecular weight excluding hydrogens is 468 g/mol. The highest BCUT2D eigenvalue weighted by Gasteiger charge is 2.62. The number of anilines is 1. The quantitative estimate of drug-likeness (QED) is 0.491. The van der Waals surface area contributed by atoms with Gasteiger partial charge in [-0.1, -0.05) is 66.7 Å². The lowest BCUT2D eigenvalue weighted by Gasteiger charge is -2.45. The highest BCUT2D eigenvalue weighted by Crippen LogP contribution is 2.61. The first-order valence-corrected chi connectivity index (χ1v) is 13.8. The molecule has 3 aromatic rings. The van der Waals surface area contributed by atoms with Crippen LogP contribution >= 0.6 is 11.8 Å². The first-order valence-electron chi connectivity index (χ1n) is 12.4. The number of nitrogens with one attached hydrogen (secondary N) is 1. The molecule has 6 heteroatoms. The molecule has 0 radical (unpaired) electrons. The second kappa shape index (κ2) is 8.93. The third kappa shape index (κ3) is 3.34. The van der Waals surface area contributed by atoms with Crippen LogP contribution in [0.4, 0.5) is 5.69 Å². The molecular formula is C30H28N2O3S. The molecule has 3 aliphatic carbocycles. The van der Waals surface area contributed by atoms with Gasteiger partial charge in [0.1, 0.15) is 6.04 Å². The van der Waals surface area contributed by atoms with Gasteiger partial charge in [0.25, 0.3) is 0 Å². The van der Waals surface area contributed by atoms with Crippen molar-refractivity contribution in [3.05, 3.63) is 101 Å². The van der Waals surface area contributed by atoms with Gasteiger partial charge >= 0.3 is 0 Å². The molecule has 1 N–H and O–H groups in total. The van der Waals surface area contributed by atoms with E-state index in [1.54, 1.807) is 11.8 Å². The number of benzene rings is 3. The van der Waals surface area contributed by atoms with Gasteiger partial charge in [-0.15, -0.1) is 0 Å². The van der Waals surface area contributed by atoms with Crippen LogP contribution in [-0.4, -0.2) is 40.7 Å². The molecule has 1 fully saturated rings. The van der Waals surface area contributed by atoms with Crippen molar-refractivity contribution in [3.8, 4) is 0 Å². The fourth-order valence-corrected chi connectivity index (χ4v) is 7.00. The maximum Gasteiger partial charge on any atom is 0.247 e. The molecule has 3 atom stereocenters. The largest absolute Gasteiger partial charge is 0.324 e. The number of para-hydroxylation sites is 1. The molecule has 1 aliphatic heterocycles. The van der Waals surface area contributed by atoms with Crippen molar-refractivity contribution in [1.29, 1.82) is 0 Å². The third-order valence-corrected chi connectivity index (χ3v) is 8.74. The fourth-order valence-electron chi connectivity index (χ4n) is 6.54. The Morgan fingerprint density at radius 3 is 1.78 bits per heavy atom. The molecule has 3 unspecified atom stereocenters. The number of nitrogens with zero attached hydrogens (tertiary/aromatic N) is 1. The minimum atomic E-state index is -0.840. The van der Waals surface area contributed by atoms with Gasteiger partial charge in [-0.2, -0.15) is 11.8 Å². The molecule has 0 spiro atoms. The van der Waals surface area contributed by atoms with E-state index >= 15 is 0 Å². The lowest BCUT2D eigenvalue weighted by Crippen LogP contribution is -2.48. The van der Waals surface area contributed by atoms with E-state index in [9.17, 15) is 14.4 Å². The third-order valence-electron chi connectivity index (χ3n) is 8.10. The van der Waals surface area contributed by atoms with Crippen LogP contribution < -0.4 is 5.32 Å². The van der Waals surface area contributed by atoms with Crippen molar-refractivity contribution in [2.45, 2.75) is 31.2 Å². The lowest BCUT2D eigenvalue weighted by atomic mass is 9.55. The maximum atomic E-state index is 14.1. The maximum absolute atomic E-state index is 14.1. The van der Waals surface area contributed by atoms with E-state index in [1.807, 2.05) is 61.7 Å². The molecule has 1 heterocycles. The van der Waals surface area contributed by atoms with E-state index in [0.717, 1.165) is 27.8 Å². The number of hydrogen-bond acceptors (Lipinski definition) is 4. The monoisotopic (exact) mass is 496 g/mol. The summed E-state index contributed by atoms with van der Waals surface area (Å²) in [6, 6.07) is 23.1. The highest BCUT2D eigenvalue weighted by atomic mass is 32.2. The van der Waals surface area contributed by atoms with Crippen LogP contribution in [0.2, 0.25) is 0 Å². The Bertz CT molecular complexity index is 1270. The molecule has 0 saturated carbocycles. The number of thioether (sulfide) groups is 1. The molecule has 5 nitrogen and oxygen atoms in total. The van der Waals surface area contributed by atoms with Gasteiger partial charge in [-0.3, -0.25) is 19.3 Å². The molecule has 4 aliphatic rings. The van der Waals surface area contributed by atoms with Crippen LogP contribution in [0.15, 0.2) is 72.8 Å². The van der Waals surface area contributed by atoms with Crippen LogP contribution in [0.5, 0.6) is 0 Å². The zero-order chi connectivity index (χ0) is 25.0. The first kappa shape index (κ1) is 23.0. The van der Waals surface area contributed by atoms with E-state index in [-0.39, 0.29) is 29.6 Å². The number of rotatable bonds is 6. The normalized spacial score (nSPS) is 24.2. The lowest BCUT2D eigenvalue weighted by molar-refractivity contribution is -0.146.